The highest BCUT2D eigenvalue weighted by molar-refractivity contribution is 5.38. The van der Waals surface area contributed by atoms with E-state index in [1.54, 1.807) is 6.92 Å². The SMILES string of the molecule is Cc1ccc(OCCCOc2ccccc2)c(C(C)O)c1. The molecule has 3 nitrogen and oxygen atoms in total. The molecule has 1 atom stereocenters. The van der Waals surface area contributed by atoms with Crippen molar-refractivity contribution in [1.29, 1.82) is 0 Å². The number of hydrogen-bond donors (Lipinski definition) is 1. The number of aliphatic hydroxyl groups is 1. The Bertz CT molecular complexity index is 550. The minimum Gasteiger partial charge on any atom is -0.493 e. The van der Waals surface area contributed by atoms with E-state index in [1.165, 1.54) is 0 Å². The van der Waals surface area contributed by atoms with Gasteiger partial charge in [0, 0.05) is 12.0 Å². The van der Waals surface area contributed by atoms with Crippen LogP contribution in [-0.4, -0.2) is 18.3 Å². The average Bonchev–Trinajstić information content (AvgIpc) is 2.49. The standard InChI is InChI=1S/C18H22O3/c1-14-9-10-18(17(13-14)15(2)19)21-12-6-11-20-16-7-4-3-5-8-16/h3-5,7-10,13,15,19H,6,11-12H2,1-2H3. The van der Waals surface area contributed by atoms with E-state index in [0.29, 0.717) is 13.2 Å². The largest absolute Gasteiger partial charge is 0.493 e. The third kappa shape index (κ3) is 4.80. The Morgan fingerprint density at radius 3 is 2.43 bits per heavy atom. The van der Waals surface area contributed by atoms with Gasteiger partial charge < -0.3 is 14.6 Å². The molecule has 0 amide bonds. The zero-order valence-electron chi connectivity index (χ0n) is 12.6. The van der Waals surface area contributed by atoms with Crippen molar-refractivity contribution < 1.29 is 14.6 Å². The molecule has 1 N–H and O–H groups in total. The summed E-state index contributed by atoms with van der Waals surface area (Å²) in [5.74, 6) is 1.62. The summed E-state index contributed by atoms with van der Waals surface area (Å²) in [7, 11) is 0. The van der Waals surface area contributed by atoms with Gasteiger partial charge in [-0.25, -0.2) is 0 Å². The number of para-hydroxylation sites is 1. The molecule has 0 saturated heterocycles. The van der Waals surface area contributed by atoms with Gasteiger partial charge in [0.25, 0.3) is 0 Å². The van der Waals surface area contributed by atoms with Crippen LogP contribution >= 0.6 is 0 Å². The summed E-state index contributed by atoms with van der Waals surface area (Å²) >= 11 is 0. The van der Waals surface area contributed by atoms with E-state index >= 15 is 0 Å². The maximum Gasteiger partial charge on any atom is 0.125 e. The number of rotatable bonds is 7. The van der Waals surface area contributed by atoms with E-state index in [1.807, 2.05) is 55.5 Å². The Kier molecular flexibility index (Phi) is 5.64. The van der Waals surface area contributed by atoms with Gasteiger partial charge in [-0.05, 0) is 38.1 Å². The summed E-state index contributed by atoms with van der Waals surface area (Å²) in [6, 6.07) is 15.6. The first-order chi connectivity index (χ1) is 10.2. The van der Waals surface area contributed by atoms with Crippen LogP contribution in [-0.2, 0) is 0 Å². The summed E-state index contributed by atoms with van der Waals surface area (Å²) in [5, 5.41) is 9.78. The zero-order valence-corrected chi connectivity index (χ0v) is 12.6. The molecule has 3 heteroatoms. The quantitative estimate of drug-likeness (QED) is 0.785. The summed E-state index contributed by atoms with van der Waals surface area (Å²) in [6.07, 6.45) is 0.266. The van der Waals surface area contributed by atoms with Crippen molar-refractivity contribution in [2.75, 3.05) is 13.2 Å². The first kappa shape index (κ1) is 15.4. The van der Waals surface area contributed by atoms with Gasteiger partial charge in [0.1, 0.15) is 11.5 Å². The second-order valence-electron chi connectivity index (χ2n) is 5.08. The minimum absolute atomic E-state index is 0.527. The highest BCUT2D eigenvalue weighted by Gasteiger charge is 2.09. The molecule has 0 aliphatic carbocycles. The average molecular weight is 286 g/mol. The maximum atomic E-state index is 9.78. The van der Waals surface area contributed by atoms with Gasteiger partial charge in [0.05, 0.1) is 19.3 Å². The number of ether oxygens (including phenoxy) is 2. The normalized spacial score (nSPS) is 12.0. The van der Waals surface area contributed by atoms with Gasteiger partial charge in [-0.3, -0.25) is 0 Å². The number of aliphatic hydroxyl groups excluding tert-OH is 1. The van der Waals surface area contributed by atoms with E-state index in [-0.39, 0.29) is 0 Å². The van der Waals surface area contributed by atoms with Crippen molar-refractivity contribution in [2.24, 2.45) is 0 Å². The number of hydrogen-bond acceptors (Lipinski definition) is 3. The van der Waals surface area contributed by atoms with Gasteiger partial charge in [-0.1, -0.05) is 29.8 Å². The molecule has 1 unspecified atom stereocenters. The predicted octanol–water partition coefficient (Wildman–Crippen LogP) is 3.90. The van der Waals surface area contributed by atoms with Crippen molar-refractivity contribution in [3.8, 4) is 11.5 Å². The summed E-state index contributed by atoms with van der Waals surface area (Å²) in [6.45, 7) is 4.93. The number of aryl methyl sites for hydroxylation is 1. The maximum absolute atomic E-state index is 9.78. The molecule has 2 aromatic carbocycles. The summed E-state index contributed by atoms with van der Waals surface area (Å²) < 4.78 is 11.4. The van der Waals surface area contributed by atoms with Crippen LogP contribution in [0.2, 0.25) is 0 Å². The van der Waals surface area contributed by atoms with Crippen LogP contribution in [0.15, 0.2) is 48.5 Å². The highest BCUT2D eigenvalue weighted by Crippen LogP contribution is 2.26. The van der Waals surface area contributed by atoms with E-state index in [2.05, 4.69) is 0 Å². The lowest BCUT2D eigenvalue weighted by atomic mass is 10.1. The predicted molar refractivity (Wildman–Crippen MR) is 83.9 cm³/mol. The first-order valence-electron chi connectivity index (χ1n) is 7.26. The molecule has 21 heavy (non-hydrogen) atoms. The lowest BCUT2D eigenvalue weighted by molar-refractivity contribution is 0.188. The highest BCUT2D eigenvalue weighted by atomic mass is 16.5. The van der Waals surface area contributed by atoms with Gasteiger partial charge in [-0.15, -0.1) is 0 Å². The van der Waals surface area contributed by atoms with Crippen LogP contribution in [0.5, 0.6) is 11.5 Å². The molecular formula is C18H22O3. The zero-order chi connectivity index (χ0) is 15.1. The molecule has 0 radical (unpaired) electrons. The lowest BCUT2D eigenvalue weighted by Gasteiger charge is -2.14. The van der Waals surface area contributed by atoms with E-state index in [9.17, 15) is 5.11 Å². The topological polar surface area (TPSA) is 38.7 Å². The van der Waals surface area contributed by atoms with Crippen LogP contribution < -0.4 is 9.47 Å². The van der Waals surface area contributed by atoms with Crippen LogP contribution in [0.3, 0.4) is 0 Å². The van der Waals surface area contributed by atoms with Crippen LogP contribution in [0.4, 0.5) is 0 Å². The minimum atomic E-state index is -0.527. The fourth-order valence-electron chi connectivity index (χ4n) is 2.07. The summed E-state index contributed by atoms with van der Waals surface area (Å²) in [5.41, 5.74) is 1.95. The molecule has 0 fully saturated rings. The van der Waals surface area contributed by atoms with E-state index in [0.717, 1.165) is 29.0 Å². The van der Waals surface area contributed by atoms with Crippen molar-refractivity contribution in [3.63, 3.8) is 0 Å². The fraction of sp³-hybridized carbons (Fsp3) is 0.333. The van der Waals surface area contributed by atoms with Gasteiger partial charge in [0.2, 0.25) is 0 Å². The molecule has 0 saturated carbocycles. The van der Waals surface area contributed by atoms with Gasteiger partial charge in [0.15, 0.2) is 0 Å². The van der Waals surface area contributed by atoms with Crippen molar-refractivity contribution in [3.05, 3.63) is 59.7 Å². The molecule has 2 rings (SSSR count). The van der Waals surface area contributed by atoms with E-state index in [4.69, 9.17) is 9.47 Å². The molecule has 0 aliphatic heterocycles. The summed E-state index contributed by atoms with van der Waals surface area (Å²) in [4.78, 5) is 0. The molecule has 0 aliphatic rings. The van der Waals surface area contributed by atoms with Crippen molar-refractivity contribution >= 4 is 0 Å². The Morgan fingerprint density at radius 1 is 1.00 bits per heavy atom. The van der Waals surface area contributed by atoms with Gasteiger partial charge >= 0.3 is 0 Å². The number of benzene rings is 2. The Morgan fingerprint density at radius 2 is 1.71 bits per heavy atom. The van der Waals surface area contributed by atoms with E-state index < -0.39 is 6.10 Å². The smallest absolute Gasteiger partial charge is 0.125 e. The molecule has 0 aromatic heterocycles. The Balaban J connectivity index is 1.78. The third-order valence-electron chi connectivity index (χ3n) is 3.17. The van der Waals surface area contributed by atoms with Crippen molar-refractivity contribution in [2.45, 2.75) is 26.4 Å². The van der Waals surface area contributed by atoms with Crippen LogP contribution in [0.1, 0.15) is 30.6 Å². The molecular weight excluding hydrogens is 264 g/mol. The lowest BCUT2D eigenvalue weighted by Crippen LogP contribution is -2.07. The second-order valence-corrected chi connectivity index (χ2v) is 5.08. The third-order valence-corrected chi connectivity index (χ3v) is 3.17. The van der Waals surface area contributed by atoms with Crippen LogP contribution in [0, 0.1) is 6.92 Å². The van der Waals surface area contributed by atoms with Crippen molar-refractivity contribution in [1.82, 2.24) is 0 Å². The molecule has 0 bridgehead atoms. The Hall–Kier alpha value is -2.00. The monoisotopic (exact) mass is 286 g/mol. The molecule has 2 aromatic rings. The first-order valence-corrected chi connectivity index (χ1v) is 7.26. The van der Waals surface area contributed by atoms with Crippen LogP contribution in [0.25, 0.3) is 0 Å². The Labute approximate surface area is 126 Å². The fourth-order valence-corrected chi connectivity index (χ4v) is 2.07. The van der Waals surface area contributed by atoms with Gasteiger partial charge in [-0.2, -0.15) is 0 Å². The molecule has 112 valence electrons. The second kappa shape index (κ2) is 7.70. The molecule has 0 spiro atoms. The molecule has 0 heterocycles.